The van der Waals surface area contributed by atoms with Gasteiger partial charge in [-0.2, -0.15) is 5.10 Å². The van der Waals surface area contributed by atoms with E-state index >= 15 is 0 Å². The van der Waals surface area contributed by atoms with Gasteiger partial charge in [-0.05, 0) is 44.6 Å². The van der Waals surface area contributed by atoms with E-state index in [0.29, 0.717) is 17.7 Å². The number of aromatic nitrogens is 3. The molecule has 7 nitrogen and oxygen atoms in total. The fraction of sp³-hybridized carbons (Fsp3) is 0.435. The summed E-state index contributed by atoms with van der Waals surface area (Å²) < 4.78 is 1.62. The fourth-order valence-electron chi connectivity index (χ4n) is 4.79. The Bertz CT molecular complexity index is 1080. The largest absolute Gasteiger partial charge is 0.377 e. The number of nitrogens with two attached hydrogens (primary N) is 1. The second kappa shape index (κ2) is 7.97. The van der Waals surface area contributed by atoms with Crippen LogP contribution in [-0.4, -0.2) is 40.8 Å². The zero-order valence-corrected chi connectivity index (χ0v) is 18.1. The molecule has 0 radical (unpaired) electrons. The summed E-state index contributed by atoms with van der Waals surface area (Å²) in [7, 11) is 5.91. The van der Waals surface area contributed by atoms with Crippen molar-refractivity contribution in [3.05, 3.63) is 47.3 Å². The number of para-hydroxylation sites is 1. The standard InChI is InChI=1S/C23H30N6O/c1-14-21(22(23(24)30)29(4)27-14)15-9-11-16(12-10-15)25-20-13-19(28(2)3)17-7-5-6-8-18(17)26-20/h5-8,13,15-16H,9-12H2,1-4H3,(H2,24,30)(H,25,26). The lowest BCUT2D eigenvalue weighted by Crippen LogP contribution is -2.27. The number of nitrogens with zero attached hydrogens (tertiary/aromatic N) is 4. The second-order valence-electron chi connectivity index (χ2n) is 8.47. The number of benzene rings is 1. The molecule has 30 heavy (non-hydrogen) atoms. The summed E-state index contributed by atoms with van der Waals surface area (Å²) in [6.07, 6.45) is 4.03. The molecule has 4 rings (SSSR count). The highest BCUT2D eigenvalue weighted by molar-refractivity contribution is 5.94. The smallest absolute Gasteiger partial charge is 0.267 e. The van der Waals surface area contributed by atoms with Crippen LogP contribution in [0.15, 0.2) is 30.3 Å². The monoisotopic (exact) mass is 406 g/mol. The van der Waals surface area contributed by atoms with Gasteiger partial charge in [0.05, 0.1) is 11.2 Å². The maximum atomic E-state index is 11.9. The van der Waals surface area contributed by atoms with E-state index in [0.717, 1.165) is 59.3 Å². The van der Waals surface area contributed by atoms with Crippen molar-refractivity contribution in [3.63, 3.8) is 0 Å². The average Bonchev–Trinajstić information content (AvgIpc) is 3.02. The molecule has 0 atom stereocenters. The number of rotatable bonds is 5. The predicted octanol–water partition coefficient (Wildman–Crippen LogP) is 3.58. The molecule has 7 heteroatoms. The predicted molar refractivity (Wildman–Crippen MR) is 121 cm³/mol. The van der Waals surface area contributed by atoms with Gasteiger partial charge in [-0.25, -0.2) is 4.98 Å². The van der Waals surface area contributed by atoms with Crippen LogP contribution in [0.25, 0.3) is 10.9 Å². The first-order chi connectivity index (χ1) is 14.3. The zero-order chi connectivity index (χ0) is 21.4. The van der Waals surface area contributed by atoms with Gasteiger partial charge in [0.2, 0.25) is 0 Å². The van der Waals surface area contributed by atoms with Gasteiger partial charge < -0.3 is 16.0 Å². The third kappa shape index (κ3) is 3.72. The van der Waals surface area contributed by atoms with E-state index in [-0.39, 0.29) is 0 Å². The topological polar surface area (TPSA) is 89.1 Å². The van der Waals surface area contributed by atoms with E-state index < -0.39 is 5.91 Å². The summed E-state index contributed by atoms with van der Waals surface area (Å²) in [5.74, 6) is 0.835. The summed E-state index contributed by atoms with van der Waals surface area (Å²) in [5.41, 5.74) is 10.3. The molecule has 1 aliphatic rings. The van der Waals surface area contributed by atoms with Gasteiger partial charge in [-0.3, -0.25) is 9.48 Å². The van der Waals surface area contributed by atoms with E-state index in [1.54, 1.807) is 11.7 Å². The molecule has 1 fully saturated rings. The summed E-state index contributed by atoms with van der Waals surface area (Å²) >= 11 is 0. The van der Waals surface area contributed by atoms with Crippen molar-refractivity contribution in [2.75, 3.05) is 24.3 Å². The highest BCUT2D eigenvalue weighted by Gasteiger charge is 2.29. The van der Waals surface area contributed by atoms with Gasteiger partial charge in [-0.1, -0.05) is 18.2 Å². The van der Waals surface area contributed by atoms with Crippen molar-refractivity contribution in [1.29, 1.82) is 0 Å². The normalized spacial score (nSPS) is 19.1. The lowest BCUT2D eigenvalue weighted by Gasteiger charge is -2.30. The molecule has 0 aliphatic heterocycles. The highest BCUT2D eigenvalue weighted by Crippen LogP contribution is 2.37. The molecule has 0 saturated heterocycles. The van der Waals surface area contributed by atoms with Gasteiger partial charge in [-0.15, -0.1) is 0 Å². The molecular formula is C23H30N6O. The Labute approximate surface area is 177 Å². The Kier molecular flexibility index (Phi) is 5.37. The number of primary amides is 1. The summed E-state index contributed by atoms with van der Waals surface area (Å²) in [5, 5.41) is 9.24. The number of hydrogen-bond donors (Lipinski definition) is 2. The summed E-state index contributed by atoms with van der Waals surface area (Å²) in [6.45, 7) is 1.97. The van der Waals surface area contributed by atoms with Crippen molar-refractivity contribution in [2.45, 2.75) is 44.6 Å². The molecule has 0 bridgehead atoms. The molecule has 1 aliphatic carbocycles. The third-order valence-corrected chi connectivity index (χ3v) is 6.17. The number of hydrogen-bond acceptors (Lipinski definition) is 5. The highest BCUT2D eigenvalue weighted by atomic mass is 16.1. The maximum Gasteiger partial charge on any atom is 0.267 e. The number of anilines is 2. The Morgan fingerprint density at radius 3 is 2.57 bits per heavy atom. The Hall–Kier alpha value is -3.09. The SMILES string of the molecule is Cc1nn(C)c(C(N)=O)c1C1CCC(Nc2cc(N(C)C)c3ccccc3n2)CC1. The van der Waals surface area contributed by atoms with Gasteiger partial charge in [0.1, 0.15) is 11.5 Å². The number of fused-ring (bicyclic) bond motifs is 1. The van der Waals surface area contributed by atoms with Gasteiger partial charge in [0.15, 0.2) is 0 Å². The first-order valence-corrected chi connectivity index (χ1v) is 10.5. The minimum atomic E-state index is -0.398. The number of pyridine rings is 1. The van der Waals surface area contributed by atoms with Crippen molar-refractivity contribution in [3.8, 4) is 0 Å². The van der Waals surface area contributed by atoms with Gasteiger partial charge >= 0.3 is 0 Å². The number of nitrogens with one attached hydrogen (secondary N) is 1. The molecule has 1 amide bonds. The maximum absolute atomic E-state index is 11.9. The lowest BCUT2D eigenvalue weighted by molar-refractivity contribution is 0.0989. The molecule has 1 aromatic carbocycles. The Morgan fingerprint density at radius 1 is 1.20 bits per heavy atom. The minimum Gasteiger partial charge on any atom is -0.377 e. The van der Waals surface area contributed by atoms with Crippen LogP contribution in [0, 0.1) is 6.92 Å². The zero-order valence-electron chi connectivity index (χ0n) is 18.1. The molecule has 0 unspecified atom stereocenters. The van der Waals surface area contributed by atoms with Gasteiger partial charge in [0, 0.05) is 49.9 Å². The number of aryl methyl sites for hydroxylation is 2. The van der Waals surface area contributed by atoms with Crippen LogP contribution in [0.1, 0.15) is 53.3 Å². The second-order valence-corrected chi connectivity index (χ2v) is 8.47. The van der Waals surface area contributed by atoms with E-state index in [2.05, 4.69) is 47.6 Å². The van der Waals surface area contributed by atoms with Crippen LogP contribution in [-0.2, 0) is 7.05 Å². The Morgan fingerprint density at radius 2 is 1.90 bits per heavy atom. The van der Waals surface area contributed by atoms with E-state index in [1.807, 2.05) is 19.1 Å². The van der Waals surface area contributed by atoms with Crippen molar-refractivity contribution in [2.24, 2.45) is 12.8 Å². The lowest BCUT2D eigenvalue weighted by atomic mass is 9.80. The molecule has 158 valence electrons. The average molecular weight is 407 g/mol. The van der Waals surface area contributed by atoms with Crippen molar-refractivity contribution >= 4 is 28.3 Å². The summed E-state index contributed by atoms with van der Waals surface area (Å²) in [6, 6.07) is 10.7. The molecule has 0 spiro atoms. The third-order valence-electron chi connectivity index (χ3n) is 6.17. The van der Waals surface area contributed by atoms with Crippen molar-refractivity contribution < 1.29 is 4.79 Å². The van der Waals surface area contributed by atoms with Crippen LogP contribution in [0.4, 0.5) is 11.5 Å². The number of carbonyl (C=O) groups excluding carboxylic acids is 1. The Balaban J connectivity index is 1.51. The van der Waals surface area contributed by atoms with Crippen LogP contribution in [0.2, 0.25) is 0 Å². The molecule has 3 N–H and O–H groups in total. The van der Waals surface area contributed by atoms with Gasteiger partial charge in [0.25, 0.3) is 5.91 Å². The van der Waals surface area contributed by atoms with E-state index in [1.165, 1.54) is 0 Å². The van der Waals surface area contributed by atoms with Crippen LogP contribution in [0.5, 0.6) is 0 Å². The van der Waals surface area contributed by atoms with Crippen molar-refractivity contribution in [1.82, 2.24) is 14.8 Å². The van der Waals surface area contributed by atoms with Crippen LogP contribution >= 0.6 is 0 Å². The molecule has 1 saturated carbocycles. The minimum absolute atomic E-state index is 0.321. The van der Waals surface area contributed by atoms with E-state index in [4.69, 9.17) is 10.7 Å². The molecule has 2 aromatic heterocycles. The quantitative estimate of drug-likeness (QED) is 0.676. The first-order valence-electron chi connectivity index (χ1n) is 10.5. The van der Waals surface area contributed by atoms with E-state index in [9.17, 15) is 4.79 Å². The summed E-state index contributed by atoms with van der Waals surface area (Å²) in [4.78, 5) is 18.9. The molecule has 3 aromatic rings. The van der Waals surface area contributed by atoms with Crippen LogP contribution in [0.3, 0.4) is 0 Å². The molecule has 2 heterocycles. The number of carbonyl (C=O) groups is 1. The fourth-order valence-corrected chi connectivity index (χ4v) is 4.79. The molecular weight excluding hydrogens is 376 g/mol. The number of amides is 1. The van der Waals surface area contributed by atoms with Crippen LogP contribution < -0.4 is 16.0 Å². The first kappa shape index (κ1) is 20.2.